The zero-order valence-corrected chi connectivity index (χ0v) is 11.8. The lowest BCUT2D eigenvalue weighted by Crippen LogP contribution is -2.56. The number of benzene rings is 1. The second kappa shape index (κ2) is 5.31. The molecule has 1 aromatic rings. The third-order valence-corrected chi connectivity index (χ3v) is 3.41. The first-order valence-electron chi connectivity index (χ1n) is 6.66. The van der Waals surface area contributed by atoms with Crippen LogP contribution in [0.25, 0.3) is 0 Å². The Bertz CT molecular complexity index is 471. The summed E-state index contributed by atoms with van der Waals surface area (Å²) in [6.07, 6.45) is -0.0864. The highest BCUT2D eigenvalue weighted by Gasteiger charge is 2.35. The second-order valence-electron chi connectivity index (χ2n) is 5.74. The molecule has 0 radical (unpaired) electrons. The van der Waals surface area contributed by atoms with Crippen molar-refractivity contribution in [3.8, 4) is 0 Å². The number of rotatable bonds is 2. The summed E-state index contributed by atoms with van der Waals surface area (Å²) in [6, 6.07) is 7.67. The van der Waals surface area contributed by atoms with Gasteiger partial charge in [-0.1, -0.05) is 18.2 Å². The third kappa shape index (κ3) is 3.14. The fourth-order valence-electron chi connectivity index (χ4n) is 2.56. The third-order valence-electron chi connectivity index (χ3n) is 3.41. The van der Waals surface area contributed by atoms with E-state index in [0.29, 0.717) is 19.6 Å². The van der Waals surface area contributed by atoms with E-state index in [4.69, 9.17) is 10.5 Å². The van der Waals surface area contributed by atoms with Crippen molar-refractivity contribution >= 4 is 5.91 Å². The van der Waals surface area contributed by atoms with Crippen LogP contribution < -0.4 is 5.73 Å². The Hall–Kier alpha value is -1.39. The number of ether oxygens (including phenoxy) is 1. The van der Waals surface area contributed by atoms with Gasteiger partial charge >= 0.3 is 0 Å². The van der Waals surface area contributed by atoms with Crippen molar-refractivity contribution in [2.45, 2.75) is 32.5 Å². The Morgan fingerprint density at radius 2 is 2.16 bits per heavy atom. The Kier molecular flexibility index (Phi) is 3.92. The van der Waals surface area contributed by atoms with Gasteiger partial charge < -0.3 is 15.4 Å². The molecule has 104 valence electrons. The topological polar surface area (TPSA) is 55.6 Å². The minimum absolute atomic E-state index is 0.0629. The van der Waals surface area contributed by atoms with Crippen LogP contribution in [0.4, 0.5) is 0 Å². The van der Waals surface area contributed by atoms with Gasteiger partial charge in [0.2, 0.25) is 0 Å². The quantitative estimate of drug-likeness (QED) is 0.880. The highest BCUT2D eigenvalue weighted by atomic mass is 16.5. The molecule has 2 rings (SSSR count). The minimum atomic E-state index is -0.347. The van der Waals surface area contributed by atoms with Gasteiger partial charge in [-0.05, 0) is 32.4 Å². The van der Waals surface area contributed by atoms with E-state index in [1.165, 1.54) is 0 Å². The fraction of sp³-hybridized carbons (Fsp3) is 0.533. The molecule has 1 unspecified atom stereocenters. The van der Waals surface area contributed by atoms with Crippen molar-refractivity contribution in [3.63, 3.8) is 0 Å². The van der Waals surface area contributed by atoms with Crippen molar-refractivity contribution in [2.24, 2.45) is 5.73 Å². The molecule has 1 aromatic carbocycles. The first-order valence-corrected chi connectivity index (χ1v) is 6.66. The largest absolute Gasteiger partial charge is 0.367 e. The maximum Gasteiger partial charge on any atom is 0.254 e. The second-order valence-corrected chi connectivity index (χ2v) is 5.74. The summed E-state index contributed by atoms with van der Waals surface area (Å²) >= 11 is 0. The molecule has 1 atom stereocenters. The van der Waals surface area contributed by atoms with E-state index in [2.05, 4.69) is 0 Å². The van der Waals surface area contributed by atoms with Crippen molar-refractivity contribution in [3.05, 3.63) is 35.4 Å². The summed E-state index contributed by atoms with van der Waals surface area (Å²) in [6.45, 7) is 7.53. The van der Waals surface area contributed by atoms with E-state index >= 15 is 0 Å². The van der Waals surface area contributed by atoms with Crippen LogP contribution in [0.1, 0.15) is 29.8 Å². The zero-order valence-electron chi connectivity index (χ0n) is 11.8. The molecule has 0 bridgehead atoms. The summed E-state index contributed by atoms with van der Waals surface area (Å²) in [7, 11) is 0. The smallest absolute Gasteiger partial charge is 0.254 e. The molecule has 1 fully saturated rings. The van der Waals surface area contributed by atoms with Crippen LogP contribution in [0.5, 0.6) is 0 Å². The van der Waals surface area contributed by atoms with Gasteiger partial charge in [-0.3, -0.25) is 4.79 Å². The molecule has 0 saturated carbocycles. The van der Waals surface area contributed by atoms with Crippen LogP contribution in [-0.2, 0) is 4.74 Å². The van der Waals surface area contributed by atoms with Crippen LogP contribution in [0.3, 0.4) is 0 Å². The number of hydrogen-bond acceptors (Lipinski definition) is 3. The minimum Gasteiger partial charge on any atom is -0.367 e. The van der Waals surface area contributed by atoms with Crippen LogP contribution in [-0.4, -0.2) is 42.1 Å². The van der Waals surface area contributed by atoms with Gasteiger partial charge in [-0.15, -0.1) is 0 Å². The van der Waals surface area contributed by atoms with Gasteiger partial charge in [0.25, 0.3) is 5.91 Å². The number of morpholine rings is 1. The Morgan fingerprint density at radius 1 is 1.47 bits per heavy atom. The molecule has 1 aliphatic rings. The number of carbonyl (C=O) groups is 1. The first-order chi connectivity index (χ1) is 8.93. The predicted octanol–water partition coefficient (Wildman–Crippen LogP) is 1.57. The van der Waals surface area contributed by atoms with Gasteiger partial charge in [-0.25, -0.2) is 0 Å². The zero-order chi connectivity index (χ0) is 14.0. The molecule has 0 spiro atoms. The van der Waals surface area contributed by atoms with Crippen LogP contribution in [0, 0.1) is 6.92 Å². The molecule has 4 heteroatoms. The molecule has 19 heavy (non-hydrogen) atoms. The lowest BCUT2D eigenvalue weighted by molar-refractivity contribution is -0.122. The molecule has 0 aliphatic carbocycles. The standard InChI is InChI=1S/C15H22N2O2/c1-11-6-4-5-7-13(11)14(18)17-9-12(8-16)19-15(2,3)10-17/h4-7,12H,8-10,16H2,1-3H3. The van der Waals surface area contributed by atoms with Gasteiger partial charge in [0.05, 0.1) is 11.7 Å². The summed E-state index contributed by atoms with van der Waals surface area (Å²) in [5.41, 5.74) is 7.11. The number of hydrogen-bond donors (Lipinski definition) is 1. The number of nitrogens with two attached hydrogens (primary N) is 1. The van der Waals surface area contributed by atoms with Crippen molar-refractivity contribution in [2.75, 3.05) is 19.6 Å². The maximum atomic E-state index is 12.6. The van der Waals surface area contributed by atoms with Gasteiger partial charge in [0, 0.05) is 25.2 Å². The molecule has 1 heterocycles. The monoisotopic (exact) mass is 262 g/mol. The summed E-state index contributed by atoms with van der Waals surface area (Å²) in [4.78, 5) is 14.4. The normalized spacial score (nSPS) is 22.3. The molecule has 2 N–H and O–H groups in total. The molecule has 1 amide bonds. The molecule has 1 saturated heterocycles. The average Bonchev–Trinajstić information content (AvgIpc) is 2.36. The number of amides is 1. The molecule has 4 nitrogen and oxygen atoms in total. The summed E-state index contributed by atoms with van der Waals surface area (Å²) in [5.74, 6) is 0.0629. The van der Waals surface area contributed by atoms with E-state index < -0.39 is 0 Å². The van der Waals surface area contributed by atoms with Crippen molar-refractivity contribution < 1.29 is 9.53 Å². The molecular formula is C15H22N2O2. The maximum absolute atomic E-state index is 12.6. The van der Waals surface area contributed by atoms with E-state index in [-0.39, 0.29) is 17.6 Å². The van der Waals surface area contributed by atoms with Gasteiger partial charge in [0.15, 0.2) is 0 Å². The lowest BCUT2D eigenvalue weighted by Gasteiger charge is -2.42. The Morgan fingerprint density at radius 3 is 2.79 bits per heavy atom. The van der Waals surface area contributed by atoms with E-state index in [1.54, 1.807) is 0 Å². The Balaban J connectivity index is 2.21. The number of nitrogens with zero attached hydrogens (tertiary/aromatic N) is 1. The highest BCUT2D eigenvalue weighted by molar-refractivity contribution is 5.95. The number of aryl methyl sites for hydroxylation is 1. The van der Waals surface area contributed by atoms with Gasteiger partial charge in [-0.2, -0.15) is 0 Å². The first kappa shape index (κ1) is 14.0. The van der Waals surface area contributed by atoms with Crippen LogP contribution in [0.15, 0.2) is 24.3 Å². The van der Waals surface area contributed by atoms with Crippen molar-refractivity contribution in [1.82, 2.24) is 4.90 Å². The molecule has 0 aromatic heterocycles. The van der Waals surface area contributed by atoms with E-state index in [0.717, 1.165) is 11.1 Å². The van der Waals surface area contributed by atoms with E-state index in [9.17, 15) is 4.79 Å². The molecule has 1 aliphatic heterocycles. The predicted molar refractivity (Wildman–Crippen MR) is 75.1 cm³/mol. The SMILES string of the molecule is Cc1ccccc1C(=O)N1CC(CN)OC(C)(C)C1. The van der Waals surface area contributed by atoms with Crippen LogP contribution in [0.2, 0.25) is 0 Å². The average molecular weight is 262 g/mol. The van der Waals surface area contributed by atoms with Crippen molar-refractivity contribution in [1.29, 1.82) is 0 Å². The lowest BCUT2D eigenvalue weighted by atomic mass is 10.0. The number of carbonyl (C=O) groups excluding carboxylic acids is 1. The summed E-state index contributed by atoms with van der Waals surface area (Å²) in [5, 5.41) is 0. The Labute approximate surface area is 114 Å². The van der Waals surface area contributed by atoms with Crippen LogP contribution >= 0.6 is 0 Å². The van der Waals surface area contributed by atoms with E-state index in [1.807, 2.05) is 49.9 Å². The summed E-state index contributed by atoms with van der Waals surface area (Å²) < 4.78 is 5.85. The van der Waals surface area contributed by atoms with Gasteiger partial charge in [0.1, 0.15) is 0 Å². The fourth-order valence-corrected chi connectivity index (χ4v) is 2.56. The highest BCUT2D eigenvalue weighted by Crippen LogP contribution is 2.22. The molecular weight excluding hydrogens is 240 g/mol.